The minimum absolute atomic E-state index is 0.858. The Morgan fingerprint density at radius 1 is 0.900 bits per heavy atom. The quantitative estimate of drug-likeness (QED) is 0.454. The standard InChI is InChI=1S/C19H34O/c1-3-5-16-6-10-18(11-7-16)19-12-8-17(9-13-19)15-20-14-4-2/h3,5,16-19H,4,6-15H2,1-2H3/b5-3+. The summed E-state index contributed by atoms with van der Waals surface area (Å²) < 4.78 is 5.74. The molecule has 0 aliphatic heterocycles. The second-order valence-corrected chi connectivity index (χ2v) is 7.06. The van der Waals surface area contributed by atoms with Gasteiger partial charge in [-0.3, -0.25) is 0 Å². The van der Waals surface area contributed by atoms with Crippen LogP contribution in [0.15, 0.2) is 12.2 Å². The van der Waals surface area contributed by atoms with Crippen LogP contribution in [0.4, 0.5) is 0 Å². The second kappa shape index (κ2) is 8.87. The molecule has 0 aromatic carbocycles. The summed E-state index contributed by atoms with van der Waals surface area (Å²) in [5.74, 6) is 3.81. The molecule has 1 nitrogen and oxygen atoms in total. The first-order valence-electron chi connectivity index (χ1n) is 9.04. The average molecular weight is 278 g/mol. The van der Waals surface area contributed by atoms with Crippen LogP contribution in [-0.4, -0.2) is 13.2 Å². The van der Waals surface area contributed by atoms with Gasteiger partial charge < -0.3 is 4.74 Å². The van der Waals surface area contributed by atoms with Crippen LogP contribution in [0, 0.1) is 23.7 Å². The summed E-state index contributed by atoms with van der Waals surface area (Å²) in [7, 11) is 0. The van der Waals surface area contributed by atoms with Gasteiger partial charge in [0.05, 0.1) is 0 Å². The van der Waals surface area contributed by atoms with Crippen LogP contribution >= 0.6 is 0 Å². The molecule has 2 fully saturated rings. The van der Waals surface area contributed by atoms with Crippen LogP contribution in [0.25, 0.3) is 0 Å². The van der Waals surface area contributed by atoms with Crippen LogP contribution < -0.4 is 0 Å². The Labute approximate surface area is 126 Å². The van der Waals surface area contributed by atoms with Crippen molar-refractivity contribution in [2.75, 3.05) is 13.2 Å². The number of hydrogen-bond acceptors (Lipinski definition) is 1. The Hall–Kier alpha value is -0.300. The fraction of sp³-hybridized carbons (Fsp3) is 0.895. The summed E-state index contributed by atoms with van der Waals surface area (Å²) in [6.07, 6.45) is 17.5. The van der Waals surface area contributed by atoms with Gasteiger partial charge in [-0.05, 0) is 88.4 Å². The fourth-order valence-electron chi connectivity index (χ4n) is 4.30. The van der Waals surface area contributed by atoms with Crippen molar-refractivity contribution < 1.29 is 4.74 Å². The molecule has 116 valence electrons. The van der Waals surface area contributed by atoms with E-state index in [9.17, 15) is 0 Å². The molecular weight excluding hydrogens is 244 g/mol. The lowest BCUT2D eigenvalue weighted by atomic mass is 9.69. The van der Waals surface area contributed by atoms with Crippen molar-refractivity contribution in [2.24, 2.45) is 23.7 Å². The summed E-state index contributed by atoms with van der Waals surface area (Å²) in [5.41, 5.74) is 0. The van der Waals surface area contributed by atoms with Gasteiger partial charge in [-0.2, -0.15) is 0 Å². The molecule has 0 saturated heterocycles. The third kappa shape index (κ3) is 4.91. The molecule has 0 spiro atoms. The van der Waals surface area contributed by atoms with Gasteiger partial charge in [0.25, 0.3) is 0 Å². The van der Waals surface area contributed by atoms with E-state index in [0.29, 0.717) is 0 Å². The number of ether oxygens (including phenoxy) is 1. The Balaban J connectivity index is 1.64. The maximum atomic E-state index is 5.74. The van der Waals surface area contributed by atoms with Gasteiger partial charge in [0.2, 0.25) is 0 Å². The van der Waals surface area contributed by atoms with E-state index in [-0.39, 0.29) is 0 Å². The van der Waals surface area contributed by atoms with Crippen molar-refractivity contribution in [3.05, 3.63) is 12.2 Å². The first-order valence-corrected chi connectivity index (χ1v) is 9.04. The monoisotopic (exact) mass is 278 g/mol. The van der Waals surface area contributed by atoms with E-state index in [0.717, 1.165) is 43.3 Å². The lowest BCUT2D eigenvalue weighted by Gasteiger charge is -2.37. The van der Waals surface area contributed by atoms with Crippen molar-refractivity contribution in [3.8, 4) is 0 Å². The maximum Gasteiger partial charge on any atom is 0.0494 e. The highest BCUT2D eigenvalue weighted by Gasteiger charge is 2.30. The maximum absolute atomic E-state index is 5.74. The molecule has 0 atom stereocenters. The van der Waals surface area contributed by atoms with Gasteiger partial charge in [0.1, 0.15) is 0 Å². The average Bonchev–Trinajstić information content (AvgIpc) is 2.49. The molecule has 2 rings (SSSR count). The van der Waals surface area contributed by atoms with E-state index in [1.165, 1.54) is 51.4 Å². The van der Waals surface area contributed by atoms with Gasteiger partial charge in [-0.1, -0.05) is 19.1 Å². The van der Waals surface area contributed by atoms with Crippen molar-refractivity contribution in [2.45, 2.75) is 71.6 Å². The zero-order valence-electron chi connectivity index (χ0n) is 13.7. The highest BCUT2D eigenvalue weighted by molar-refractivity contribution is 4.90. The van der Waals surface area contributed by atoms with E-state index in [4.69, 9.17) is 4.74 Å². The van der Waals surface area contributed by atoms with Crippen LogP contribution in [0.2, 0.25) is 0 Å². The Morgan fingerprint density at radius 2 is 1.50 bits per heavy atom. The highest BCUT2D eigenvalue weighted by atomic mass is 16.5. The fourth-order valence-corrected chi connectivity index (χ4v) is 4.30. The SMILES string of the molecule is C/C=C/C1CCC(C2CCC(COCCC)CC2)CC1. The molecular formula is C19H34O. The van der Waals surface area contributed by atoms with E-state index < -0.39 is 0 Å². The molecule has 1 heteroatoms. The van der Waals surface area contributed by atoms with Crippen molar-refractivity contribution in [3.63, 3.8) is 0 Å². The number of allylic oxidation sites excluding steroid dienone is 2. The Kier molecular flexibility index (Phi) is 7.13. The Bertz CT molecular complexity index is 267. The van der Waals surface area contributed by atoms with Crippen LogP contribution in [0.5, 0.6) is 0 Å². The molecule has 0 radical (unpaired) electrons. The lowest BCUT2D eigenvalue weighted by Crippen LogP contribution is -2.26. The topological polar surface area (TPSA) is 9.23 Å². The normalized spacial score (nSPS) is 35.5. The molecule has 20 heavy (non-hydrogen) atoms. The summed E-state index contributed by atoms with van der Waals surface area (Å²) >= 11 is 0. The van der Waals surface area contributed by atoms with Crippen LogP contribution in [-0.2, 0) is 4.74 Å². The predicted molar refractivity (Wildman–Crippen MR) is 86.8 cm³/mol. The smallest absolute Gasteiger partial charge is 0.0494 e. The zero-order valence-corrected chi connectivity index (χ0v) is 13.7. The Morgan fingerprint density at radius 3 is 2.05 bits per heavy atom. The predicted octanol–water partition coefficient (Wildman–Crippen LogP) is 5.60. The van der Waals surface area contributed by atoms with Gasteiger partial charge in [0.15, 0.2) is 0 Å². The third-order valence-electron chi connectivity index (χ3n) is 5.54. The van der Waals surface area contributed by atoms with E-state index in [2.05, 4.69) is 26.0 Å². The number of hydrogen-bond donors (Lipinski definition) is 0. The molecule has 2 aliphatic rings. The van der Waals surface area contributed by atoms with E-state index >= 15 is 0 Å². The van der Waals surface area contributed by atoms with Gasteiger partial charge >= 0.3 is 0 Å². The highest BCUT2D eigenvalue weighted by Crippen LogP contribution is 2.41. The van der Waals surface area contributed by atoms with Gasteiger partial charge in [-0.25, -0.2) is 0 Å². The van der Waals surface area contributed by atoms with E-state index in [1.807, 2.05) is 0 Å². The zero-order chi connectivity index (χ0) is 14.2. The molecule has 0 N–H and O–H groups in total. The lowest BCUT2D eigenvalue weighted by molar-refractivity contribution is 0.0662. The molecule has 0 unspecified atom stereocenters. The van der Waals surface area contributed by atoms with Crippen LogP contribution in [0.3, 0.4) is 0 Å². The van der Waals surface area contributed by atoms with E-state index in [1.54, 1.807) is 0 Å². The second-order valence-electron chi connectivity index (χ2n) is 7.06. The first kappa shape index (κ1) is 16.1. The molecule has 0 amide bonds. The van der Waals surface area contributed by atoms with Crippen molar-refractivity contribution in [1.82, 2.24) is 0 Å². The summed E-state index contributed by atoms with van der Waals surface area (Å²) in [4.78, 5) is 0. The summed E-state index contributed by atoms with van der Waals surface area (Å²) in [5, 5.41) is 0. The largest absolute Gasteiger partial charge is 0.381 e. The number of rotatable bonds is 6. The van der Waals surface area contributed by atoms with Crippen molar-refractivity contribution in [1.29, 1.82) is 0 Å². The minimum atomic E-state index is 0.858. The van der Waals surface area contributed by atoms with Gasteiger partial charge in [-0.15, -0.1) is 0 Å². The molecule has 0 aromatic rings. The van der Waals surface area contributed by atoms with Crippen molar-refractivity contribution >= 4 is 0 Å². The molecule has 0 heterocycles. The molecule has 0 bridgehead atoms. The minimum Gasteiger partial charge on any atom is -0.381 e. The first-order chi connectivity index (χ1) is 9.83. The van der Waals surface area contributed by atoms with Gasteiger partial charge in [0, 0.05) is 13.2 Å². The van der Waals surface area contributed by atoms with Crippen LogP contribution in [0.1, 0.15) is 71.6 Å². The summed E-state index contributed by atoms with van der Waals surface area (Å²) in [6, 6.07) is 0. The molecule has 0 aromatic heterocycles. The summed E-state index contributed by atoms with van der Waals surface area (Å²) in [6.45, 7) is 6.33. The molecule has 2 aliphatic carbocycles. The third-order valence-corrected chi connectivity index (χ3v) is 5.54. The molecule has 2 saturated carbocycles.